The van der Waals surface area contributed by atoms with Crippen LogP contribution in [0.3, 0.4) is 0 Å². The van der Waals surface area contributed by atoms with Crippen molar-refractivity contribution in [2.45, 2.75) is 19.8 Å². The van der Waals surface area contributed by atoms with Crippen molar-refractivity contribution in [3.8, 4) is 0 Å². The van der Waals surface area contributed by atoms with Gasteiger partial charge in [-0.3, -0.25) is 4.99 Å². The Morgan fingerprint density at radius 1 is 1.64 bits per heavy atom. The summed E-state index contributed by atoms with van der Waals surface area (Å²) >= 11 is 0. The summed E-state index contributed by atoms with van der Waals surface area (Å²) in [6.07, 6.45) is 6.17. The van der Waals surface area contributed by atoms with Crippen LogP contribution >= 0.6 is 0 Å². The minimum Gasteiger partial charge on any atom is -0.397 e. The molecule has 0 radical (unpaired) electrons. The van der Waals surface area contributed by atoms with Crippen LogP contribution in [0.1, 0.15) is 19.8 Å². The van der Waals surface area contributed by atoms with Gasteiger partial charge in [-0.2, -0.15) is 0 Å². The molecule has 0 saturated heterocycles. The summed E-state index contributed by atoms with van der Waals surface area (Å²) < 4.78 is 0. The quantitative estimate of drug-likeness (QED) is 0.614. The molecule has 0 atom stereocenters. The van der Waals surface area contributed by atoms with Gasteiger partial charge in [-0.25, -0.2) is 0 Å². The standard InChI is InChI=1S/C9H16N2/c1-4-5-6-7-9(11-3)8(2)10/h6-7H,2,4-5,10H2,1,3H3/b7-6-,11-9-. The molecular weight excluding hydrogens is 136 g/mol. The summed E-state index contributed by atoms with van der Waals surface area (Å²) in [6.45, 7) is 5.73. The minimum atomic E-state index is 0.528. The molecule has 0 bridgehead atoms. The highest BCUT2D eigenvalue weighted by Gasteiger charge is 1.91. The van der Waals surface area contributed by atoms with Crippen molar-refractivity contribution in [3.05, 3.63) is 24.4 Å². The van der Waals surface area contributed by atoms with E-state index in [1.54, 1.807) is 7.05 Å². The predicted molar refractivity (Wildman–Crippen MR) is 50.7 cm³/mol. The average Bonchev–Trinajstić information content (AvgIpc) is 1.97. The number of nitrogens with two attached hydrogens (primary N) is 1. The molecule has 0 aromatic carbocycles. The number of hydrogen-bond donors (Lipinski definition) is 1. The molecule has 0 aromatic rings. The van der Waals surface area contributed by atoms with E-state index in [9.17, 15) is 0 Å². The summed E-state index contributed by atoms with van der Waals surface area (Å²) in [5.41, 5.74) is 6.76. The summed E-state index contributed by atoms with van der Waals surface area (Å²) in [6, 6.07) is 0. The molecule has 0 saturated carbocycles. The van der Waals surface area contributed by atoms with Crippen molar-refractivity contribution in [1.82, 2.24) is 0 Å². The number of hydrogen-bond acceptors (Lipinski definition) is 2. The third-order valence-corrected chi connectivity index (χ3v) is 1.30. The molecule has 0 aliphatic rings. The first-order chi connectivity index (χ1) is 5.22. The van der Waals surface area contributed by atoms with Crippen LogP contribution in [0.5, 0.6) is 0 Å². The van der Waals surface area contributed by atoms with E-state index in [-0.39, 0.29) is 0 Å². The first-order valence-corrected chi connectivity index (χ1v) is 3.80. The Morgan fingerprint density at radius 2 is 2.27 bits per heavy atom. The van der Waals surface area contributed by atoms with Crippen molar-refractivity contribution < 1.29 is 0 Å². The second-order valence-electron chi connectivity index (χ2n) is 2.33. The highest BCUT2D eigenvalue weighted by molar-refractivity contribution is 6.07. The van der Waals surface area contributed by atoms with Crippen LogP contribution in [0.4, 0.5) is 0 Å². The van der Waals surface area contributed by atoms with E-state index >= 15 is 0 Å². The van der Waals surface area contributed by atoms with Crippen LogP contribution in [-0.4, -0.2) is 12.8 Å². The molecule has 0 spiro atoms. The van der Waals surface area contributed by atoms with E-state index in [1.165, 1.54) is 0 Å². The van der Waals surface area contributed by atoms with Gasteiger partial charge in [-0.1, -0.05) is 26.0 Å². The number of unbranched alkanes of at least 4 members (excludes halogenated alkanes) is 1. The van der Waals surface area contributed by atoms with Crippen molar-refractivity contribution in [1.29, 1.82) is 0 Å². The first-order valence-electron chi connectivity index (χ1n) is 3.80. The van der Waals surface area contributed by atoms with Crippen molar-refractivity contribution >= 4 is 5.71 Å². The Balaban J connectivity index is 4.00. The van der Waals surface area contributed by atoms with Crippen LogP contribution in [0, 0.1) is 0 Å². The molecule has 0 fully saturated rings. The van der Waals surface area contributed by atoms with Gasteiger partial charge in [-0.15, -0.1) is 0 Å². The van der Waals surface area contributed by atoms with Gasteiger partial charge in [-0.05, 0) is 12.5 Å². The molecule has 0 heterocycles. The molecule has 0 unspecified atom stereocenters. The molecule has 0 amide bonds. The van der Waals surface area contributed by atoms with E-state index in [2.05, 4.69) is 24.6 Å². The number of nitrogens with zero attached hydrogens (tertiary/aromatic N) is 1. The number of aliphatic imine (C=N–C) groups is 1. The maximum absolute atomic E-state index is 5.45. The lowest BCUT2D eigenvalue weighted by Gasteiger charge is -1.96. The number of allylic oxidation sites excluding steroid dienone is 2. The molecule has 0 aliphatic heterocycles. The zero-order valence-corrected chi connectivity index (χ0v) is 7.30. The lowest BCUT2D eigenvalue weighted by molar-refractivity contribution is 0.959. The fourth-order valence-electron chi connectivity index (χ4n) is 0.687. The maximum Gasteiger partial charge on any atom is 0.0790 e. The molecule has 2 heteroatoms. The Labute approximate surface area is 68.5 Å². The van der Waals surface area contributed by atoms with Crippen LogP contribution < -0.4 is 5.73 Å². The minimum absolute atomic E-state index is 0.528. The summed E-state index contributed by atoms with van der Waals surface area (Å²) in [4.78, 5) is 3.96. The van der Waals surface area contributed by atoms with Gasteiger partial charge in [0.25, 0.3) is 0 Å². The molecule has 2 N–H and O–H groups in total. The van der Waals surface area contributed by atoms with Crippen LogP contribution in [0.2, 0.25) is 0 Å². The Hall–Kier alpha value is -1.05. The monoisotopic (exact) mass is 152 g/mol. The second-order valence-corrected chi connectivity index (χ2v) is 2.33. The molecular formula is C9H16N2. The molecule has 0 rings (SSSR count). The topological polar surface area (TPSA) is 38.4 Å². The average molecular weight is 152 g/mol. The Morgan fingerprint density at radius 3 is 2.64 bits per heavy atom. The molecule has 0 aromatic heterocycles. The van der Waals surface area contributed by atoms with Gasteiger partial charge in [0.15, 0.2) is 0 Å². The maximum atomic E-state index is 5.45. The molecule has 0 aliphatic carbocycles. The fourth-order valence-corrected chi connectivity index (χ4v) is 0.687. The SMILES string of the molecule is C=C(N)C(/C=C\CCC)=N\C. The highest BCUT2D eigenvalue weighted by Crippen LogP contribution is 1.93. The van der Waals surface area contributed by atoms with E-state index in [1.807, 2.05) is 6.08 Å². The normalized spacial score (nSPS) is 12.4. The van der Waals surface area contributed by atoms with E-state index in [0.29, 0.717) is 5.70 Å². The van der Waals surface area contributed by atoms with E-state index in [0.717, 1.165) is 18.6 Å². The molecule has 2 nitrogen and oxygen atoms in total. The van der Waals surface area contributed by atoms with Crippen molar-refractivity contribution in [3.63, 3.8) is 0 Å². The number of rotatable bonds is 4. The largest absolute Gasteiger partial charge is 0.397 e. The summed E-state index contributed by atoms with van der Waals surface area (Å²) in [5.74, 6) is 0. The van der Waals surface area contributed by atoms with Crippen molar-refractivity contribution in [2.24, 2.45) is 10.7 Å². The predicted octanol–water partition coefficient (Wildman–Crippen LogP) is 1.89. The molecule has 62 valence electrons. The third kappa shape index (κ3) is 4.37. The van der Waals surface area contributed by atoms with E-state index in [4.69, 9.17) is 5.73 Å². The lowest BCUT2D eigenvalue weighted by atomic mass is 10.2. The van der Waals surface area contributed by atoms with Crippen LogP contribution in [0.15, 0.2) is 29.4 Å². The second kappa shape index (κ2) is 5.71. The van der Waals surface area contributed by atoms with Gasteiger partial charge in [0.2, 0.25) is 0 Å². The fraction of sp³-hybridized carbons (Fsp3) is 0.444. The lowest BCUT2D eigenvalue weighted by Crippen LogP contribution is -2.06. The van der Waals surface area contributed by atoms with Crippen LogP contribution in [-0.2, 0) is 0 Å². The first kappa shape index (κ1) is 9.95. The van der Waals surface area contributed by atoms with Gasteiger partial charge < -0.3 is 5.73 Å². The van der Waals surface area contributed by atoms with Crippen molar-refractivity contribution in [2.75, 3.05) is 7.05 Å². The third-order valence-electron chi connectivity index (χ3n) is 1.30. The van der Waals surface area contributed by atoms with Gasteiger partial charge >= 0.3 is 0 Å². The Kier molecular flexibility index (Phi) is 5.17. The zero-order chi connectivity index (χ0) is 8.69. The van der Waals surface area contributed by atoms with Crippen LogP contribution in [0.25, 0.3) is 0 Å². The summed E-state index contributed by atoms with van der Waals surface area (Å²) in [5, 5.41) is 0. The smallest absolute Gasteiger partial charge is 0.0790 e. The van der Waals surface area contributed by atoms with Gasteiger partial charge in [0.05, 0.1) is 5.71 Å². The van der Waals surface area contributed by atoms with E-state index < -0.39 is 0 Å². The van der Waals surface area contributed by atoms with Gasteiger partial charge in [0, 0.05) is 12.7 Å². The molecule has 11 heavy (non-hydrogen) atoms. The Bertz CT molecular complexity index is 178. The zero-order valence-electron chi connectivity index (χ0n) is 7.30. The van der Waals surface area contributed by atoms with Gasteiger partial charge in [0.1, 0.15) is 0 Å². The highest BCUT2D eigenvalue weighted by atomic mass is 14.7. The summed E-state index contributed by atoms with van der Waals surface area (Å²) in [7, 11) is 1.71.